The van der Waals surface area contributed by atoms with Crippen LogP contribution in [-0.2, 0) is 13.5 Å². The van der Waals surface area contributed by atoms with E-state index < -0.39 is 0 Å². The van der Waals surface area contributed by atoms with Crippen LogP contribution in [0.25, 0.3) is 5.95 Å². The highest BCUT2D eigenvalue weighted by molar-refractivity contribution is 6.28. The minimum atomic E-state index is 0.0694. The van der Waals surface area contributed by atoms with Crippen LogP contribution in [0.3, 0.4) is 0 Å². The Labute approximate surface area is 125 Å². The molecule has 3 heterocycles. The van der Waals surface area contributed by atoms with Gasteiger partial charge in [0.1, 0.15) is 12.7 Å². The molecule has 1 N–H and O–H groups in total. The topological polar surface area (TPSA) is 99.2 Å². The van der Waals surface area contributed by atoms with Crippen LogP contribution < -0.4 is 5.32 Å². The number of rotatable bonds is 4. The Bertz CT molecular complexity index is 749. The second-order valence-corrected chi connectivity index (χ2v) is 4.55. The second kappa shape index (κ2) is 5.44. The molecule has 0 aliphatic rings. The van der Waals surface area contributed by atoms with Crippen molar-refractivity contribution in [3.8, 4) is 5.95 Å². The lowest BCUT2D eigenvalue weighted by atomic mass is 10.3. The van der Waals surface area contributed by atoms with E-state index in [0.717, 1.165) is 17.8 Å². The molecule has 0 spiro atoms. The first-order chi connectivity index (χ1) is 10.2. The maximum atomic E-state index is 5.93. The van der Waals surface area contributed by atoms with E-state index in [1.54, 1.807) is 4.68 Å². The van der Waals surface area contributed by atoms with E-state index in [2.05, 4.69) is 35.5 Å². The van der Waals surface area contributed by atoms with Crippen molar-refractivity contribution >= 4 is 23.2 Å². The van der Waals surface area contributed by atoms with Crippen molar-refractivity contribution in [1.29, 1.82) is 0 Å². The van der Waals surface area contributed by atoms with Crippen LogP contribution in [0.4, 0.5) is 11.6 Å². The summed E-state index contributed by atoms with van der Waals surface area (Å²) in [5, 5.41) is 11.5. The van der Waals surface area contributed by atoms with E-state index in [9.17, 15) is 0 Å². The highest BCUT2D eigenvalue weighted by atomic mass is 35.5. The third kappa shape index (κ3) is 2.82. The van der Waals surface area contributed by atoms with Gasteiger partial charge in [0.15, 0.2) is 0 Å². The molecule has 0 saturated heterocycles. The van der Waals surface area contributed by atoms with Gasteiger partial charge in [-0.05, 0) is 18.0 Å². The SMILES string of the molecule is CCc1nn(C)cc1Nc1nc(Cl)nc(-n2cncn2)n1. The fourth-order valence-corrected chi connectivity index (χ4v) is 1.99. The third-order valence-corrected chi connectivity index (χ3v) is 2.88. The normalized spacial score (nSPS) is 10.8. The average Bonchev–Trinajstić information content (AvgIpc) is 3.07. The molecule has 0 aromatic carbocycles. The lowest BCUT2D eigenvalue weighted by molar-refractivity contribution is 0.746. The van der Waals surface area contributed by atoms with Crippen LogP contribution in [0, 0.1) is 0 Å². The van der Waals surface area contributed by atoms with Gasteiger partial charge in [-0.15, -0.1) is 0 Å². The Hall–Kier alpha value is -2.55. The largest absolute Gasteiger partial charge is 0.321 e. The smallest absolute Gasteiger partial charge is 0.258 e. The molecule has 0 aliphatic carbocycles. The number of aromatic nitrogens is 8. The fourth-order valence-electron chi connectivity index (χ4n) is 1.83. The number of nitrogens with one attached hydrogen (secondary N) is 1. The first-order valence-electron chi connectivity index (χ1n) is 6.22. The molecule has 0 atom stereocenters. The summed E-state index contributed by atoms with van der Waals surface area (Å²) < 4.78 is 3.13. The zero-order chi connectivity index (χ0) is 14.8. The molecule has 108 valence electrons. The van der Waals surface area contributed by atoms with Crippen LogP contribution in [0.1, 0.15) is 12.6 Å². The number of aryl methyl sites for hydroxylation is 2. The van der Waals surface area contributed by atoms with Gasteiger partial charge in [-0.1, -0.05) is 6.92 Å². The Morgan fingerprint density at radius 1 is 1.29 bits per heavy atom. The first kappa shape index (κ1) is 13.4. The van der Waals surface area contributed by atoms with Crippen LogP contribution in [-0.4, -0.2) is 39.5 Å². The predicted octanol–water partition coefficient (Wildman–Crippen LogP) is 1.15. The van der Waals surface area contributed by atoms with Gasteiger partial charge in [0.25, 0.3) is 5.95 Å². The van der Waals surface area contributed by atoms with E-state index in [1.807, 2.05) is 20.2 Å². The Morgan fingerprint density at radius 2 is 2.14 bits per heavy atom. The molecular weight excluding hydrogens is 294 g/mol. The zero-order valence-corrected chi connectivity index (χ0v) is 12.2. The van der Waals surface area contributed by atoms with Crippen molar-refractivity contribution in [1.82, 2.24) is 39.5 Å². The maximum absolute atomic E-state index is 5.93. The predicted molar refractivity (Wildman–Crippen MR) is 75.6 cm³/mol. The monoisotopic (exact) mass is 305 g/mol. The van der Waals surface area contributed by atoms with Crippen molar-refractivity contribution in [3.05, 3.63) is 29.8 Å². The molecule has 0 amide bonds. The molecule has 10 heteroatoms. The number of nitrogens with zero attached hydrogens (tertiary/aromatic N) is 8. The number of hydrogen-bond donors (Lipinski definition) is 1. The summed E-state index contributed by atoms with van der Waals surface area (Å²) in [4.78, 5) is 16.2. The molecule has 0 aliphatic heterocycles. The summed E-state index contributed by atoms with van der Waals surface area (Å²) in [5.41, 5.74) is 1.74. The summed E-state index contributed by atoms with van der Waals surface area (Å²) >= 11 is 5.93. The first-order valence-corrected chi connectivity index (χ1v) is 6.59. The minimum absolute atomic E-state index is 0.0694. The van der Waals surface area contributed by atoms with Crippen molar-refractivity contribution in [2.24, 2.45) is 7.05 Å². The van der Waals surface area contributed by atoms with Gasteiger partial charge in [0.05, 0.1) is 11.4 Å². The Kier molecular flexibility index (Phi) is 3.48. The molecule has 0 fully saturated rings. The number of anilines is 2. The molecule has 3 aromatic rings. The number of hydrogen-bond acceptors (Lipinski definition) is 7. The highest BCUT2D eigenvalue weighted by Crippen LogP contribution is 2.19. The van der Waals surface area contributed by atoms with E-state index in [0.29, 0.717) is 5.95 Å². The molecule has 0 unspecified atom stereocenters. The van der Waals surface area contributed by atoms with Crippen LogP contribution >= 0.6 is 11.6 Å². The van der Waals surface area contributed by atoms with E-state index >= 15 is 0 Å². The minimum Gasteiger partial charge on any atom is -0.321 e. The van der Waals surface area contributed by atoms with Gasteiger partial charge in [-0.2, -0.15) is 29.8 Å². The highest BCUT2D eigenvalue weighted by Gasteiger charge is 2.11. The molecule has 0 bridgehead atoms. The van der Waals surface area contributed by atoms with Gasteiger partial charge in [0, 0.05) is 13.2 Å². The van der Waals surface area contributed by atoms with E-state index in [1.165, 1.54) is 17.3 Å². The fraction of sp³-hybridized carbons (Fsp3) is 0.273. The molecular formula is C11H12ClN9. The summed E-state index contributed by atoms with van der Waals surface area (Å²) in [6.45, 7) is 2.02. The van der Waals surface area contributed by atoms with Gasteiger partial charge in [0.2, 0.25) is 11.2 Å². The second-order valence-electron chi connectivity index (χ2n) is 4.21. The molecule has 21 heavy (non-hydrogen) atoms. The quantitative estimate of drug-likeness (QED) is 0.771. The van der Waals surface area contributed by atoms with E-state index in [4.69, 9.17) is 11.6 Å². The summed E-state index contributed by atoms with van der Waals surface area (Å²) in [5.74, 6) is 0.611. The van der Waals surface area contributed by atoms with Crippen LogP contribution in [0.2, 0.25) is 5.28 Å². The van der Waals surface area contributed by atoms with Gasteiger partial charge < -0.3 is 5.32 Å². The molecule has 9 nitrogen and oxygen atoms in total. The standard InChI is InChI=1S/C11H12ClN9/c1-3-7-8(4-20(2)19-7)15-10-16-9(12)17-11(18-10)21-6-13-5-14-21/h4-6H,3H2,1-2H3,(H,15,16,17,18). The Balaban J connectivity index is 1.95. The summed E-state index contributed by atoms with van der Waals surface area (Å²) in [7, 11) is 1.85. The van der Waals surface area contributed by atoms with Crippen molar-refractivity contribution in [2.75, 3.05) is 5.32 Å². The van der Waals surface area contributed by atoms with Crippen molar-refractivity contribution in [3.63, 3.8) is 0 Å². The zero-order valence-electron chi connectivity index (χ0n) is 11.4. The third-order valence-electron chi connectivity index (χ3n) is 2.71. The lowest BCUT2D eigenvalue weighted by Crippen LogP contribution is -2.07. The maximum Gasteiger partial charge on any atom is 0.258 e. The number of halogens is 1. The lowest BCUT2D eigenvalue weighted by Gasteiger charge is -2.05. The average molecular weight is 306 g/mol. The van der Waals surface area contributed by atoms with Crippen LogP contribution in [0.15, 0.2) is 18.9 Å². The Morgan fingerprint density at radius 3 is 2.86 bits per heavy atom. The molecule has 0 saturated carbocycles. The molecule has 3 aromatic heterocycles. The summed E-state index contributed by atoms with van der Waals surface area (Å²) in [6.07, 6.45) is 5.52. The van der Waals surface area contributed by atoms with Crippen molar-refractivity contribution < 1.29 is 0 Å². The van der Waals surface area contributed by atoms with E-state index in [-0.39, 0.29) is 11.2 Å². The molecule has 0 radical (unpaired) electrons. The van der Waals surface area contributed by atoms with Gasteiger partial charge in [-0.25, -0.2) is 4.98 Å². The van der Waals surface area contributed by atoms with Gasteiger partial charge in [-0.3, -0.25) is 4.68 Å². The van der Waals surface area contributed by atoms with Gasteiger partial charge >= 0.3 is 0 Å². The molecule has 3 rings (SSSR count). The van der Waals surface area contributed by atoms with Crippen LogP contribution in [0.5, 0.6) is 0 Å². The van der Waals surface area contributed by atoms with Crippen molar-refractivity contribution in [2.45, 2.75) is 13.3 Å². The summed E-state index contributed by atoms with van der Waals surface area (Å²) in [6, 6.07) is 0.